The van der Waals surface area contributed by atoms with Crippen LogP contribution in [0.5, 0.6) is 0 Å². The molecule has 0 saturated heterocycles. The highest BCUT2D eigenvalue weighted by Gasteiger charge is 2.29. The average molecular weight is 259 g/mol. The Bertz CT molecular complexity index is 328. The zero-order valence-electron chi connectivity index (χ0n) is 11.1. The number of hydrogen-bond acceptors (Lipinski definition) is 3. The van der Waals surface area contributed by atoms with Gasteiger partial charge in [-0.1, -0.05) is 27.7 Å². The second kappa shape index (κ2) is 6.83. The maximum Gasteiger partial charge on any atom is 0.326 e. The van der Waals surface area contributed by atoms with Crippen LogP contribution in [0.15, 0.2) is 0 Å². The molecule has 0 bridgehead atoms. The smallest absolute Gasteiger partial charge is 0.326 e. The number of carbonyl (C=O) groups excluding carboxylic acids is 2. The first-order valence-corrected chi connectivity index (χ1v) is 5.76. The molecule has 0 aliphatic heterocycles. The zero-order chi connectivity index (χ0) is 14.5. The van der Waals surface area contributed by atoms with E-state index in [1.807, 2.05) is 0 Å². The van der Waals surface area contributed by atoms with Crippen LogP contribution in [0, 0.1) is 11.8 Å². The zero-order valence-corrected chi connectivity index (χ0v) is 11.1. The van der Waals surface area contributed by atoms with Gasteiger partial charge in [-0.25, -0.2) is 9.59 Å². The molecule has 7 heteroatoms. The number of amides is 3. The maximum atomic E-state index is 11.9. The molecule has 7 nitrogen and oxygen atoms in total. The van der Waals surface area contributed by atoms with E-state index < -0.39 is 30.0 Å². The first kappa shape index (κ1) is 16.2. The van der Waals surface area contributed by atoms with Crippen molar-refractivity contribution in [2.24, 2.45) is 17.6 Å². The second-order valence-corrected chi connectivity index (χ2v) is 4.80. The number of primary amides is 1. The number of rotatable bonds is 6. The van der Waals surface area contributed by atoms with Crippen LogP contribution >= 0.6 is 0 Å². The van der Waals surface area contributed by atoms with Gasteiger partial charge in [0.2, 0.25) is 5.91 Å². The summed E-state index contributed by atoms with van der Waals surface area (Å²) in [4.78, 5) is 33.6. The van der Waals surface area contributed by atoms with E-state index in [9.17, 15) is 14.4 Å². The summed E-state index contributed by atoms with van der Waals surface area (Å²) in [5.74, 6) is -2.11. The van der Waals surface area contributed by atoms with Crippen LogP contribution in [0.4, 0.5) is 4.79 Å². The van der Waals surface area contributed by atoms with Crippen molar-refractivity contribution in [3.8, 4) is 0 Å². The van der Waals surface area contributed by atoms with Gasteiger partial charge in [-0.2, -0.15) is 0 Å². The molecule has 3 amide bonds. The summed E-state index contributed by atoms with van der Waals surface area (Å²) >= 11 is 0. The number of carbonyl (C=O) groups is 3. The van der Waals surface area contributed by atoms with Crippen molar-refractivity contribution in [3.63, 3.8) is 0 Å². The third-order valence-electron chi connectivity index (χ3n) is 2.48. The van der Waals surface area contributed by atoms with Crippen LogP contribution in [0.2, 0.25) is 0 Å². The minimum Gasteiger partial charge on any atom is -0.480 e. The Morgan fingerprint density at radius 3 is 1.67 bits per heavy atom. The number of nitrogens with two attached hydrogens (primary N) is 1. The monoisotopic (exact) mass is 259 g/mol. The fraction of sp³-hybridized carbons (Fsp3) is 0.727. The number of carboxylic acids is 1. The lowest BCUT2D eigenvalue weighted by atomic mass is 10.0. The number of hydrogen-bond donors (Lipinski definition) is 4. The van der Waals surface area contributed by atoms with Gasteiger partial charge < -0.3 is 21.5 Å². The molecular weight excluding hydrogens is 238 g/mol. The Morgan fingerprint density at radius 2 is 1.39 bits per heavy atom. The largest absolute Gasteiger partial charge is 0.480 e. The van der Waals surface area contributed by atoms with Gasteiger partial charge in [-0.15, -0.1) is 0 Å². The van der Waals surface area contributed by atoms with Gasteiger partial charge in [0, 0.05) is 0 Å². The Hall–Kier alpha value is -1.79. The van der Waals surface area contributed by atoms with Crippen molar-refractivity contribution in [3.05, 3.63) is 0 Å². The molecule has 0 heterocycles. The number of aliphatic carboxylic acids is 1. The fourth-order valence-electron chi connectivity index (χ4n) is 1.44. The highest BCUT2D eigenvalue weighted by atomic mass is 16.4. The lowest BCUT2D eigenvalue weighted by Crippen LogP contribution is -2.55. The second-order valence-electron chi connectivity index (χ2n) is 4.80. The van der Waals surface area contributed by atoms with E-state index in [4.69, 9.17) is 10.8 Å². The molecule has 18 heavy (non-hydrogen) atoms. The Morgan fingerprint density at radius 1 is 0.944 bits per heavy atom. The molecule has 0 aromatic carbocycles. The van der Waals surface area contributed by atoms with Crippen molar-refractivity contribution in [1.29, 1.82) is 0 Å². The molecule has 104 valence electrons. The first-order chi connectivity index (χ1) is 8.16. The minimum absolute atomic E-state index is 0.195. The molecule has 2 atom stereocenters. The summed E-state index contributed by atoms with van der Waals surface area (Å²) in [7, 11) is 0. The first-order valence-electron chi connectivity index (χ1n) is 5.76. The van der Waals surface area contributed by atoms with Crippen molar-refractivity contribution in [2.75, 3.05) is 0 Å². The van der Waals surface area contributed by atoms with Gasteiger partial charge in [-0.3, -0.25) is 4.79 Å². The fourth-order valence-corrected chi connectivity index (χ4v) is 1.44. The normalized spacial score (nSPS) is 14.1. The highest BCUT2D eigenvalue weighted by molar-refractivity contribution is 5.90. The molecule has 0 aromatic heterocycles. The third kappa shape index (κ3) is 5.03. The van der Waals surface area contributed by atoms with Crippen molar-refractivity contribution in [2.45, 2.75) is 39.8 Å². The van der Waals surface area contributed by atoms with Crippen molar-refractivity contribution >= 4 is 17.9 Å². The van der Waals surface area contributed by atoms with Crippen LogP contribution in [0.25, 0.3) is 0 Å². The van der Waals surface area contributed by atoms with E-state index in [-0.39, 0.29) is 11.8 Å². The molecule has 0 aromatic rings. The molecule has 0 saturated carbocycles. The topological polar surface area (TPSA) is 122 Å². The van der Waals surface area contributed by atoms with E-state index in [0.717, 1.165) is 0 Å². The van der Waals surface area contributed by atoms with Crippen LogP contribution in [-0.4, -0.2) is 35.1 Å². The summed E-state index contributed by atoms with van der Waals surface area (Å²) in [5, 5.41) is 13.7. The van der Waals surface area contributed by atoms with Crippen LogP contribution in [0.3, 0.4) is 0 Å². The SMILES string of the molecule is CC(C)C(NC(N)=O)C(=O)N[C@@H](C(=O)O)C(C)C. The van der Waals surface area contributed by atoms with Crippen LogP contribution in [0.1, 0.15) is 27.7 Å². The van der Waals surface area contributed by atoms with Gasteiger partial charge in [-0.05, 0) is 11.8 Å². The summed E-state index contributed by atoms with van der Waals surface area (Å²) in [6.07, 6.45) is 0. The number of nitrogens with one attached hydrogen (secondary N) is 2. The molecular formula is C11H21N3O4. The van der Waals surface area contributed by atoms with E-state index in [0.29, 0.717) is 0 Å². The van der Waals surface area contributed by atoms with E-state index in [1.54, 1.807) is 27.7 Å². The Balaban J connectivity index is 4.77. The van der Waals surface area contributed by atoms with E-state index >= 15 is 0 Å². The summed E-state index contributed by atoms with van der Waals surface area (Å²) < 4.78 is 0. The van der Waals surface area contributed by atoms with Gasteiger partial charge in [0.15, 0.2) is 0 Å². The van der Waals surface area contributed by atoms with Gasteiger partial charge >= 0.3 is 12.0 Å². The maximum absolute atomic E-state index is 11.9. The third-order valence-corrected chi connectivity index (χ3v) is 2.48. The molecule has 5 N–H and O–H groups in total. The molecule has 0 radical (unpaired) electrons. The predicted molar refractivity (Wildman–Crippen MR) is 65.7 cm³/mol. The van der Waals surface area contributed by atoms with E-state index in [2.05, 4.69) is 10.6 Å². The van der Waals surface area contributed by atoms with Crippen molar-refractivity contribution in [1.82, 2.24) is 10.6 Å². The lowest BCUT2D eigenvalue weighted by molar-refractivity contribution is -0.143. The average Bonchev–Trinajstić information content (AvgIpc) is 2.20. The molecule has 0 spiro atoms. The van der Waals surface area contributed by atoms with Gasteiger partial charge in [0.1, 0.15) is 12.1 Å². The molecule has 0 fully saturated rings. The van der Waals surface area contributed by atoms with Gasteiger partial charge in [0.05, 0.1) is 0 Å². The molecule has 1 unspecified atom stereocenters. The Labute approximate surface area is 106 Å². The number of urea groups is 1. The van der Waals surface area contributed by atoms with Gasteiger partial charge in [0.25, 0.3) is 0 Å². The van der Waals surface area contributed by atoms with E-state index in [1.165, 1.54) is 0 Å². The summed E-state index contributed by atoms with van der Waals surface area (Å²) in [5.41, 5.74) is 4.97. The predicted octanol–water partition coefficient (Wildman–Crippen LogP) is -0.0953. The minimum atomic E-state index is -1.11. The molecule has 0 aliphatic rings. The van der Waals surface area contributed by atoms with Crippen LogP contribution < -0.4 is 16.4 Å². The summed E-state index contributed by atoms with van der Waals surface area (Å²) in [6, 6.07) is -2.66. The molecule has 0 aliphatic carbocycles. The summed E-state index contributed by atoms with van der Waals surface area (Å²) in [6.45, 7) is 6.83. The molecule has 0 rings (SSSR count). The Kier molecular flexibility index (Phi) is 6.15. The quantitative estimate of drug-likeness (QED) is 0.532. The number of carboxylic acid groups (broad SMARTS) is 1. The van der Waals surface area contributed by atoms with Crippen molar-refractivity contribution < 1.29 is 19.5 Å². The van der Waals surface area contributed by atoms with Crippen LogP contribution in [-0.2, 0) is 9.59 Å². The highest BCUT2D eigenvalue weighted by Crippen LogP contribution is 2.06. The lowest BCUT2D eigenvalue weighted by Gasteiger charge is -2.24. The standard InChI is InChI=1S/C11H21N3O4/c1-5(2)7(14-11(12)18)9(15)13-8(6(3)4)10(16)17/h5-8H,1-4H3,(H,13,15)(H,16,17)(H3,12,14,18)/t7?,8-/m1/s1.